The zero-order valence-corrected chi connectivity index (χ0v) is 15.0. The first-order chi connectivity index (χ1) is 10.3. The number of thiocarbonyl (C=S) groups is 1. The van der Waals surface area contributed by atoms with E-state index in [0.29, 0.717) is 11.0 Å². The van der Waals surface area contributed by atoms with Crippen LogP contribution in [0.3, 0.4) is 0 Å². The number of carbonyl (C=O) groups is 1. The van der Waals surface area contributed by atoms with Gasteiger partial charge in [-0.05, 0) is 49.9 Å². The molecular weight excluding hydrogens is 312 g/mol. The van der Waals surface area contributed by atoms with Gasteiger partial charge in [0.25, 0.3) is 0 Å². The molecule has 0 bridgehead atoms. The Labute approximate surface area is 143 Å². The third kappa shape index (κ3) is 1.95. The van der Waals surface area contributed by atoms with E-state index in [1.54, 1.807) is 11.9 Å². The van der Waals surface area contributed by atoms with Crippen molar-refractivity contribution >= 4 is 35.9 Å². The Hall–Kier alpha value is -1.07. The Morgan fingerprint density at radius 2 is 1.95 bits per heavy atom. The van der Waals surface area contributed by atoms with E-state index >= 15 is 0 Å². The van der Waals surface area contributed by atoms with Gasteiger partial charge in [-0.15, -0.1) is 12.6 Å². The summed E-state index contributed by atoms with van der Waals surface area (Å²) in [7, 11) is 3.74. The Kier molecular flexibility index (Phi) is 3.76. The van der Waals surface area contributed by atoms with Crippen LogP contribution in [0, 0.1) is 11.3 Å². The average molecular weight is 335 g/mol. The molecule has 1 saturated carbocycles. The van der Waals surface area contributed by atoms with Crippen LogP contribution in [0.1, 0.15) is 25.3 Å². The Morgan fingerprint density at radius 3 is 2.59 bits per heavy atom. The highest BCUT2D eigenvalue weighted by atomic mass is 32.1. The van der Waals surface area contributed by atoms with Gasteiger partial charge in [0.15, 0.2) is 5.11 Å². The number of fused-ring (bicyclic) bond motifs is 1. The molecule has 1 aliphatic heterocycles. The Balaban J connectivity index is 1.99. The van der Waals surface area contributed by atoms with Crippen molar-refractivity contribution in [3.63, 3.8) is 0 Å². The summed E-state index contributed by atoms with van der Waals surface area (Å²) in [6.07, 6.45) is 2.76. The number of benzene rings is 1. The van der Waals surface area contributed by atoms with E-state index in [-0.39, 0.29) is 5.91 Å². The van der Waals surface area contributed by atoms with Crippen molar-refractivity contribution in [1.82, 2.24) is 9.80 Å². The molecule has 1 saturated heterocycles. The molecule has 0 N–H and O–H groups in total. The zero-order valence-electron chi connectivity index (χ0n) is 13.2. The van der Waals surface area contributed by atoms with Gasteiger partial charge in [-0.1, -0.05) is 30.3 Å². The number of thiol groups is 1. The van der Waals surface area contributed by atoms with E-state index < -0.39 is 10.3 Å². The van der Waals surface area contributed by atoms with Crippen LogP contribution in [-0.2, 0) is 11.2 Å². The lowest BCUT2D eigenvalue weighted by molar-refractivity contribution is -0.143. The first kappa shape index (κ1) is 15.8. The van der Waals surface area contributed by atoms with E-state index in [2.05, 4.69) is 24.3 Å². The van der Waals surface area contributed by atoms with Crippen molar-refractivity contribution in [1.29, 1.82) is 0 Å². The van der Waals surface area contributed by atoms with Gasteiger partial charge >= 0.3 is 0 Å². The van der Waals surface area contributed by atoms with Gasteiger partial charge < -0.3 is 4.90 Å². The van der Waals surface area contributed by atoms with Crippen molar-refractivity contribution < 1.29 is 4.79 Å². The molecule has 3 rings (SSSR count). The van der Waals surface area contributed by atoms with Gasteiger partial charge in [0.05, 0.1) is 5.41 Å². The monoisotopic (exact) mass is 334 g/mol. The molecule has 2 fully saturated rings. The highest BCUT2D eigenvalue weighted by Gasteiger charge is 2.65. The third-order valence-corrected chi connectivity index (χ3v) is 7.27. The summed E-state index contributed by atoms with van der Waals surface area (Å²) in [5.41, 5.74) is 0.789. The van der Waals surface area contributed by atoms with E-state index in [4.69, 9.17) is 24.8 Å². The van der Waals surface area contributed by atoms with Crippen LogP contribution in [0.5, 0.6) is 0 Å². The van der Waals surface area contributed by atoms with Crippen LogP contribution >= 0.6 is 24.8 Å². The number of nitrogens with zero attached hydrogens (tertiary/aromatic N) is 2. The topological polar surface area (TPSA) is 23.6 Å². The molecule has 5 heteroatoms. The molecule has 22 heavy (non-hydrogen) atoms. The maximum atomic E-state index is 12.9. The van der Waals surface area contributed by atoms with Crippen molar-refractivity contribution in [3.8, 4) is 0 Å². The molecule has 1 aromatic rings. The molecule has 118 valence electrons. The number of carbonyl (C=O) groups excluding carboxylic acids is 1. The van der Waals surface area contributed by atoms with Crippen molar-refractivity contribution in [3.05, 3.63) is 35.9 Å². The third-order valence-electron chi connectivity index (χ3n) is 5.56. The second-order valence-corrected chi connectivity index (χ2v) is 7.74. The predicted octanol–water partition coefficient (Wildman–Crippen LogP) is 2.96. The maximum absolute atomic E-state index is 12.9. The molecule has 2 aliphatic rings. The molecular formula is C17H22N2OS2. The summed E-state index contributed by atoms with van der Waals surface area (Å²) in [4.78, 5) is 16.0. The number of rotatable bonds is 2. The molecule has 0 aromatic heterocycles. The SMILES string of the molecule is CN1C(=O)C2(C)CCC(Cc3ccccc3)C2(S)N(C)C1=S. The molecule has 3 atom stereocenters. The van der Waals surface area contributed by atoms with Crippen LogP contribution < -0.4 is 0 Å². The maximum Gasteiger partial charge on any atom is 0.237 e. The van der Waals surface area contributed by atoms with E-state index in [1.165, 1.54) is 5.56 Å². The molecule has 0 radical (unpaired) electrons. The van der Waals surface area contributed by atoms with Crippen molar-refractivity contribution in [2.75, 3.05) is 14.1 Å². The van der Waals surface area contributed by atoms with Crippen molar-refractivity contribution in [2.24, 2.45) is 11.3 Å². The van der Waals surface area contributed by atoms with Crippen LogP contribution in [0.15, 0.2) is 30.3 Å². The lowest BCUT2D eigenvalue weighted by atomic mass is 9.77. The smallest absolute Gasteiger partial charge is 0.237 e. The second-order valence-electron chi connectivity index (χ2n) is 6.69. The Morgan fingerprint density at radius 1 is 1.32 bits per heavy atom. The van der Waals surface area contributed by atoms with E-state index in [9.17, 15) is 4.79 Å². The van der Waals surface area contributed by atoms with Gasteiger partial charge in [-0.25, -0.2) is 0 Å². The second kappa shape index (κ2) is 5.24. The van der Waals surface area contributed by atoms with Crippen molar-refractivity contribution in [2.45, 2.75) is 31.1 Å². The highest BCUT2D eigenvalue weighted by Crippen LogP contribution is 2.58. The first-order valence-corrected chi connectivity index (χ1v) is 8.50. The fourth-order valence-corrected chi connectivity index (χ4v) is 4.99. The number of hydrogen-bond acceptors (Lipinski definition) is 3. The fraction of sp³-hybridized carbons (Fsp3) is 0.529. The molecule has 1 aliphatic carbocycles. The summed E-state index contributed by atoms with van der Waals surface area (Å²) in [5, 5.41) is 0.567. The summed E-state index contributed by atoms with van der Waals surface area (Å²) in [6, 6.07) is 10.4. The van der Waals surface area contributed by atoms with Crippen LogP contribution in [0.25, 0.3) is 0 Å². The molecule has 3 nitrogen and oxygen atoms in total. The summed E-state index contributed by atoms with van der Waals surface area (Å²) in [6.45, 7) is 2.04. The lowest BCUT2D eigenvalue weighted by Gasteiger charge is -2.55. The quantitative estimate of drug-likeness (QED) is 0.664. The van der Waals surface area contributed by atoms with E-state index in [0.717, 1.165) is 19.3 Å². The minimum absolute atomic E-state index is 0.0983. The first-order valence-electron chi connectivity index (χ1n) is 7.64. The number of hydrogen-bond donors (Lipinski definition) is 1. The average Bonchev–Trinajstić information content (AvgIpc) is 2.79. The summed E-state index contributed by atoms with van der Waals surface area (Å²) >= 11 is 10.5. The molecule has 1 aromatic carbocycles. The molecule has 3 unspecified atom stereocenters. The van der Waals surface area contributed by atoms with Crippen LogP contribution in [0.2, 0.25) is 0 Å². The van der Waals surface area contributed by atoms with Gasteiger partial charge in [-0.2, -0.15) is 0 Å². The fourth-order valence-electron chi connectivity index (χ4n) is 4.18. The molecule has 0 spiro atoms. The normalized spacial score (nSPS) is 35.0. The van der Waals surface area contributed by atoms with Gasteiger partial charge in [0, 0.05) is 14.1 Å². The molecule has 1 amide bonds. The molecule has 1 heterocycles. The highest BCUT2D eigenvalue weighted by molar-refractivity contribution is 7.82. The van der Waals surface area contributed by atoms with Gasteiger partial charge in [0.1, 0.15) is 4.87 Å². The van der Waals surface area contributed by atoms with E-state index in [1.807, 2.05) is 24.9 Å². The largest absolute Gasteiger partial charge is 0.336 e. The zero-order chi connectivity index (χ0) is 16.1. The summed E-state index contributed by atoms with van der Waals surface area (Å²) in [5.74, 6) is 0.394. The standard InChI is InChI=1S/C17H22N2OS2/c1-16-10-9-13(11-12-7-5-4-6-8-12)17(16,22)19(3)15(21)18(2)14(16)20/h4-8,13,22H,9-11H2,1-3H3. The van der Waals surface area contributed by atoms with Crippen LogP contribution in [0.4, 0.5) is 0 Å². The minimum Gasteiger partial charge on any atom is -0.336 e. The van der Waals surface area contributed by atoms with Gasteiger partial charge in [-0.3, -0.25) is 9.69 Å². The number of amides is 1. The van der Waals surface area contributed by atoms with Crippen LogP contribution in [-0.4, -0.2) is 39.8 Å². The Bertz CT molecular complexity index is 620. The summed E-state index contributed by atoms with van der Waals surface area (Å²) < 4.78 is 0. The predicted molar refractivity (Wildman–Crippen MR) is 95.8 cm³/mol. The lowest BCUT2D eigenvalue weighted by Crippen LogP contribution is -2.69. The van der Waals surface area contributed by atoms with Gasteiger partial charge in [0.2, 0.25) is 5.91 Å². The minimum atomic E-state index is -0.524.